The zero-order valence-corrected chi connectivity index (χ0v) is 16.5. The number of methoxy groups -OCH3 is 1. The molecule has 0 spiro atoms. The number of carboxylic acids is 1. The lowest BCUT2D eigenvalue weighted by atomic mass is 10.0. The van der Waals surface area contributed by atoms with E-state index in [-0.39, 0.29) is 19.1 Å². The van der Waals surface area contributed by atoms with Gasteiger partial charge in [-0.1, -0.05) is 17.7 Å². The maximum Gasteiger partial charge on any atom is 0.317 e. The van der Waals surface area contributed by atoms with Crippen molar-refractivity contribution in [1.82, 2.24) is 4.90 Å². The zero-order chi connectivity index (χ0) is 20.1. The molecule has 0 saturated carbocycles. The van der Waals surface area contributed by atoms with Crippen LogP contribution in [-0.2, 0) is 11.3 Å². The number of halogens is 2. The summed E-state index contributed by atoms with van der Waals surface area (Å²) in [6.07, 6.45) is 1.59. The summed E-state index contributed by atoms with van der Waals surface area (Å²) in [5, 5.41) is 9.64. The van der Waals surface area contributed by atoms with E-state index in [0.29, 0.717) is 10.6 Å². The summed E-state index contributed by atoms with van der Waals surface area (Å²) in [5.41, 5.74) is 1.46. The summed E-state index contributed by atoms with van der Waals surface area (Å²) in [6.45, 7) is 1.65. The molecule has 0 bridgehead atoms. The fourth-order valence-electron chi connectivity index (χ4n) is 3.66. The molecule has 1 heterocycles. The number of ether oxygens (including phenoxy) is 1. The molecule has 0 radical (unpaired) electrons. The fraction of sp³-hybridized carbons (Fsp3) is 0.381. The molecule has 2 aromatic rings. The summed E-state index contributed by atoms with van der Waals surface area (Å²) >= 11 is 6.14. The van der Waals surface area contributed by atoms with E-state index in [0.717, 1.165) is 37.4 Å². The number of benzene rings is 2. The molecule has 1 aliphatic heterocycles. The van der Waals surface area contributed by atoms with Crippen molar-refractivity contribution in [2.24, 2.45) is 0 Å². The van der Waals surface area contributed by atoms with Crippen LogP contribution in [0, 0.1) is 5.82 Å². The fourth-order valence-corrected chi connectivity index (χ4v) is 3.88. The second kappa shape index (κ2) is 9.26. The molecule has 1 N–H and O–H groups in total. The van der Waals surface area contributed by atoms with Crippen LogP contribution in [0.3, 0.4) is 0 Å². The number of piperidine rings is 1. The molecule has 0 unspecified atom stereocenters. The van der Waals surface area contributed by atoms with Crippen LogP contribution in [0.25, 0.3) is 0 Å². The van der Waals surface area contributed by atoms with Gasteiger partial charge in [-0.25, -0.2) is 4.39 Å². The van der Waals surface area contributed by atoms with Gasteiger partial charge in [0.2, 0.25) is 0 Å². The van der Waals surface area contributed by atoms with E-state index in [2.05, 4.69) is 4.90 Å². The summed E-state index contributed by atoms with van der Waals surface area (Å²) < 4.78 is 19.4. The Balaban J connectivity index is 1.68. The maximum absolute atomic E-state index is 14.2. The van der Waals surface area contributed by atoms with Crippen LogP contribution in [0.4, 0.5) is 10.1 Å². The van der Waals surface area contributed by atoms with Crippen molar-refractivity contribution in [2.75, 3.05) is 31.6 Å². The third-order valence-corrected chi connectivity index (χ3v) is 5.53. The first-order valence-electron chi connectivity index (χ1n) is 9.25. The molecule has 150 valence electrons. The highest BCUT2D eigenvalue weighted by Gasteiger charge is 2.27. The monoisotopic (exact) mass is 406 g/mol. The summed E-state index contributed by atoms with van der Waals surface area (Å²) in [5.74, 6) is -0.517. The maximum atomic E-state index is 14.2. The van der Waals surface area contributed by atoms with Gasteiger partial charge in [0.25, 0.3) is 0 Å². The van der Waals surface area contributed by atoms with E-state index in [9.17, 15) is 14.3 Å². The van der Waals surface area contributed by atoms with Crippen LogP contribution < -0.4 is 9.64 Å². The molecule has 0 aliphatic carbocycles. The minimum Gasteiger partial charge on any atom is -0.497 e. The topological polar surface area (TPSA) is 53.0 Å². The third-order valence-electron chi connectivity index (χ3n) is 5.18. The van der Waals surface area contributed by atoms with Crippen molar-refractivity contribution < 1.29 is 19.0 Å². The number of hydrogen-bond acceptors (Lipinski definition) is 4. The van der Waals surface area contributed by atoms with Gasteiger partial charge in [0, 0.05) is 41.9 Å². The lowest BCUT2D eigenvalue weighted by Crippen LogP contribution is -2.46. The quantitative estimate of drug-likeness (QED) is 0.752. The second-order valence-corrected chi connectivity index (χ2v) is 7.32. The molecule has 3 rings (SSSR count). The van der Waals surface area contributed by atoms with E-state index < -0.39 is 11.8 Å². The Labute approximate surface area is 169 Å². The minimum atomic E-state index is -0.926. The van der Waals surface area contributed by atoms with Gasteiger partial charge in [0.05, 0.1) is 13.7 Å². The van der Waals surface area contributed by atoms with Crippen molar-refractivity contribution in [3.63, 3.8) is 0 Å². The summed E-state index contributed by atoms with van der Waals surface area (Å²) in [7, 11) is 1.64. The van der Waals surface area contributed by atoms with Gasteiger partial charge in [-0.15, -0.1) is 0 Å². The Bertz CT molecular complexity index is 788. The van der Waals surface area contributed by atoms with Crippen molar-refractivity contribution in [2.45, 2.75) is 25.4 Å². The molecule has 0 amide bonds. The van der Waals surface area contributed by atoms with Crippen LogP contribution in [0.1, 0.15) is 18.4 Å². The van der Waals surface area contributed by atoms with Gasteiger partial charge in [-0.2, -0.15) is 0 Å². The highest BCUT2D eigenvalue weighted by Crippen LogP contribution is 2.27. The lowest BCUT2D eigenvalue weighted by molar-refractivity contribution is -0.139. The number of hydrogen-bond donors (Lipinski definition) is 1. The van der Waals surface area contributed by atoms with Crippen LogP contribution >= 0.6 is 11.6 Å². The molecule has 0 aromatic heterocycles. The van der Waals surface area contributed by atoms with Gasteiger partial charge in [0.15, 0.2) is 0 Å². The van der Waals surface area contributed by atoms with Gasteiger partial charge in [-0.3, -0.25) is 9.69 Å². The Morgan fingerprint density at radius 1 is 1.25 bits per heavy atom. The third kappa shape index (κ3) is 4.94. The number of aliphatic carboxylic acids is 1. The molecule has 1 fully saturated rings. The Kier molecular flexibility index (Phi) is 6.75. The van der Waals surface area contributed by atoms with Gasteiger partial charge < -0.3 is 14.7 Å². The number of anilines is 1. The molecule has 28 heavy (non-hydrogen) atoms. The second-order valence-electron chi connectivity index (χ2n) is 6.92. The molecular weight excluding hydrogens is 383 g/mol. The van der Waals surface area contributed by atoms with E-state index in [1.165, 1.54) is 6.07 Å². The molecule has 7 heteroatoms. The van der Waals surface area contributed by atoms with Crippen LogP contribution in [-0.4, -0.2) is 48.8 Å². The van der Waals surface area contributed by atoms with Gasteiger partial charge in [-0.05, 0) is 49.2 Å². The molecular formula is C21H24ClFN2O3. The standard InChI is InChI=1S/C21H24ClFN2O3/c1-28-17-7-5-15(6-8-17)24-11-9-16(10-12-24)25(14-21(26)27)13-18-19(22)3-2-4-20(18)23/h2-8,16H,9-14H2,1H3,(H,26,27). The first kappa shape index (κ1) is 20.4. The first-order valence-corrected chi connectivity index (χ1v) is 9.63. The number of rotatable bonds is 7. The molecule has 2 aromatic carbocycles. The molecule has 0 atom stereocenters. The van der Waals surface area contributed by atoms with E-state index in [1.54, 1.807) is 19.2 Å². The average Bonchev–Trinajstić information content (AvgIpc) is 2.70. The predicted molar refractivity (Wildman–Crippen MR) is 108 cm³/mol. The van der Waals surface area contributed by atoms with E-state index in [4.69, 9.17) is 16.3 Å². The Morgan fingerprint density at radius 2 is 1.93 bits per heavy atom. The first-order chi connectivity index (χ1) is 13.5. The molecule has 1 aliphatic rings. The predicted octanol–water partition coefficient (Wildman–Crippen LogP) is 4.04. The number of carbonyl (C=O) groups is 1. The van der Waals surface area contributed by atoms with Crippen molar-refractivity contribution >= 4 is 23.3 Å². The van der Waals surface area contributed by atoms with Crippen molar-refractivity contribution in [3.8, 4) is 5.75 Å². The highest BCUT2D eigenvalue weighted by atomic mass is 35.5. The zero-order valence-electron chi connectivity index (χ0n) is 15.8. The minimum absolute atomic E-state index is 0.0567. The summed E-state index contributed by atoms with van der Waals surface area (Å²) in [4.78, 5) is 15.5. The van der Waals surface area contributed by atoms with E-state index >= 15 is 0 Å². The van der Waals surface area contributed by atoms with E-state index in [1.807, 2.05) is 29.2 Å². The normalized spacial score (nSPS) is 15.1. The average molecular weight is 407 g/mol. The van der Waals surface area contributed by atoms with Crippen molar-refractivity contribution in [3.05, 3.63) is 58.9 Å². The Hall–Kier alpha value is -2.31. The Morgan fingerprint density at radius 3 is 2.50 bits per heavy atom. The molecule has 1 saturated heterocycles. The highest BCUT2D eigenvalue weighted by molar-refractivity contribution is 6.31. The van der Waals surface area contributed by atoms with Crippen LogP contribution in [0.15, 0.2) is 42.5 Å². The number of carboxylic acid groups (broad SMARTS) is 1. The van der Waals surface area contributed by atoms with Crippen LogP contribution in [0.5, 0.6) is 5.75 Å². The smallest absolute Gasteiger partial charge is 0.317 e. The van der Waals surface area contributed by atoms with Crippen LogP contribution in [0.2, 0.25) is 5.02 Å². The molecule has 5 nitrogen and oxygen atoms in total. The number of nitrogens with zero attached hydrogens (tertiary/aromatic N) is 2. The van der Waals surface area contributed by atoms with Gasteiger partial charge in [0.1, 0.15) is 11.6 Å². The summed E-state index contributed by atoms with van der Waals surface area (Å²) in [6, 6.07) is 12.5. The SMILES string of the molecule is COc1ccc(N2CCC(N(CC(=O)O)Cc3c(F)cccc3Cl)CC2)cc1. The lowest BCUT2D eigenvalue weighted by Gasteiger charge is -2.39. The van der Waals surface area contributed by atoms with Gasteiger partial charge >= 0.3 is 5.97 Å². The van der Waals surface area contributed by atoms with Crippen molar-refractivity contribution in [1.29, 1.82) is 0 Å². The largest absolute Gasteiger partial charge is 0.497 e.